The minimum absolute atomic E-state index is 0.737. The summed E-state index contributed by atoms with van der Waals surface area (Å²) in [7, 11) is 0. The maximum absolute atomic E-state index is 5.78. The van der Waals surface area contributed by atoms with E-state index < -0.39 is 0 Å². The number of nitrogens with one attached hydrogen (secondary N) is 1. The van der Waals surface area contributed by atoms with Crippen LogP contribution in [-0.2, 0) is 0 Å². The molecule has 0 unspecified atom stereocenters. The van der Waals surface area contributed by atoms with Gasteiger partial charge in [0.15, 0.2) is 11.6 Å². The van der Waals surface area contributed by atoms with Crippen molar-refractivity contribution in [3.63, 3.8) is 0 Å². The van der Waals surface area contributed by atoms with Crippen LogP contribution in [0.3, 0.4) is 0 Å². The number of H-pyrrole nitrogens is 1. The summed E-state index contributed by atoms with van der Waals surface area (Å²) in [6, 6.07) is 5.95. The fourth-order valence-electron chi connectivity index (χ4n) is 1.62. The Morgan fingerprint density at radius 2 is 2.29 bits per heavy atom. The Labute approximate surface area is 106 Å². The molecule has 0 aromatic carbocycles. The van der Waals surface area contributed by atoms with E-state index in [1.54, 1.807) is 11.3 Å². The number of aromatic nitrogens is 3. The van der Waals surface area contributed by atoms with Crippen LogP contribution < -0.4 is 5.73 Å². The van der Waals surface area contributed by atoms with Crippen molar-refractivity contribution < 1.29 is 0 Å². The third-order valence-corrected chi connectivity index (χ3v) is 4.32. The van der Waals surface area contributed by atoms with Gasteiger partial charge in [0.05, 0.1) is 14.8 Å². The lowest BCUT2D eigenvalue weighted by Gasteiger charge is -1.90. The van der Waals surface area contributed by atoms with Crippen molar-refractivity contribution in [2.45, 2.75) is 6.92 Å². The molecule has 0 fully saturated rings. The van der Waals surface area contributed by atoms with Crippen molar-refractivity contribution in [2.75, 3.05) is 5.73 Å². The number of hydrogen-bond acceptors (Lipinski definition) is 5. The Morgan fingerprint density at radius 3 is 2.94 bits per heavy atom. The summed E-state index contributed by atoms with van der Waals surface area (Å²) in [5.41, 5.74) is 6.90. The number of aromatic amines is 1. The fourth-order valence-corrected chi connectivity index (χ4v) is 3.16. The Morgan fingerprint density at radius 1 is 1.41 bits per heavy atom. The van der Waals surface area contributed by atoms with E-state index in [2.05, 4.69) is 15.2 Å². The molecule has 0 bridgehead atoms. The van der Waals surface area contributed by atoms with E-state index in [1.807, 2.05) is 30.5 Å². The zero-order chi connectivity index (χ0) is 11.8. The molecule has 0 spiro atoms. The zero-order valence-electron chi connectivity index (χ0n) is 9.10. The van der Waals surface area contributed by atoms with Crippen molar-refractivity contribution in [3.8, 4) is 21.4 Å². The highest BCUT2D eigenvalue weighted by Gasteiger charge is 2.12. The van der Waals surface area contributed by atoms with E-state index in [4.69, 9.17) is 5.73 Å². The van der Waals surface area contributed by atoms with Crippen LogP contribution in [0, 0.1) is 6.92 Å². The van der Waals surface area contributed by atoms with Crippen LogP contribution in [0.1, 0.15) is 5.56 Å². The summed E-state index contributed by atoms with van der Waals surface area (Å²) in [6.45, 7) is 2.02. The van der Waals surface area contributed by atoms with Gasteiger partial charge in [-0.05, 0) is 30.0 Å². The molecule has 4 nitrogen and oxygen atoms in total. The second-order valence-corrected chi connectivity index (χ2v) is 5.68. The first-order valence-corrected chi connectivity index (χ1v) is 6.76. The molecule has 0 aliphatic heterocycles. The summed E-state index contributed by atoms with van der Waals surface area (Å²) < 4.78 is 0. The normalized spacial score (nSPS) is 10.9. The molecule has 0 saturated carbocycles. The molecule has 0 saturated heterocycles. The molecule has 86 valence electrons. The highest BCUT2D eigenvalue weighted by molar-refractivity contribution is 7.19. The van der Waals surface area contributed by atoms with Crippen LogP contribution in [0.25, 0.3) is 21.4 Å². The number of rotatable bonds is 2. The van der Waals surface area contributed by atoms with Gasteiger partial charge in [-0.25, -0.2) is 4.98 Å². The topological polar surface area (TPSA) is 67.6 Å². The minimum Gasteiger partial charge on any atom is -0.391 e. The molecule has 0 aliphatic carbocycles. The van der Waals surface area contributed by atoms with E-state index >= 15 is 0 Å². The fraction of sp³-hybridized carbons (Fsp3) is 0.0909. The van der Waals surface area contributed by atoms with Crippen molar-refractivity contribution in [2.24, 2.45) is 0 Å². The minimum atomic E-state index is 0.737. The van der Waals surface area contributed by atoms with Crippen molar-refractivity contribution in [3.05, 3.63) is 29.1 Å². The van der Waals surface area contributed by atoms with Gasteiger partial charge >= 0.3 is 0 Å². The van der Waals surface area contributed by atoms with Crippen LogP contribution >= 0.6 is 22.7 Å². The van der Waals surface area contributed by atoms with Crippen LogP contribution in [0.4, 0.5) is 5.00 Å². The maximum atomic E-state index is 5.78. The predicted octanol–water partition coefficient (Wildman–Crippen LogP) is 3.15. The molecule has 0 amide bonds. The molecule has 3 aromatic heterocycles. The third-order valence-electron chi connectivity index (χ3n) is 2.38. The molecule has 3 N–H and O–H groups in total. The molecule has 3 heterocycles. The van der Waals surface area contributed by atoms with Crippen LogP contribution in [0.15, 0.2) is 23.6 Å². The van der Waals surface area contributed by atoms with Gasteiger partial charge in [0.25, 0.3) is 0 Å². The van der Waals surface area contributed by atoms with Gasteiger partial charge in [0.2, 0.25) is 0 Å². The standard InChI is InChI=1S/C11H10N4S2/c1-6-5-8(12)17-9(6)11-13-10(14-15-11)7-3-2-4-16-7/h2-5H,12H2,1H3,(H,13,14,15). The average Bonchev–Trinajstić information content (AvgIpc) is 2.97. The summed E-state index contributed by atoms with van der Waals surface area (Å²) in [5, 5.41) is 10.0. The van der Waals surface area contributed by atoms with Gasteiger partial charge in [-0.1, -0.05) is 6.07 Å². The average molecular weight is 262 g/mol. The van der Waals surface area contributed by atoms with Crippen LogP contribution in [0.2, 0.25) is 0 Å². The first kappa shape index (κ1) is 10.5. The number of nitrogen functional groups attached to an aromatic ring is 1. The molecule has 17 heavy (non-hydrogen) atoms. The lowest BCUT2D eigenvalue weighted by Crippen LogP contribution is -1.78. The maximum Gasteiger partial charge on any atom is 0.191 e. The molecule has 3 rings (SSSR count). The highest BCUT2D eigenvalue weighted by Crippen LogP contribution is 2.32. The van der Waals surface area contributed by atoms with Gasteiger partial charge in [0, 0.05) is 0 Å². The largest absolute Gasteiger partial charge is 0.391 e. The van der Waals surface area contributed by atoms with Gasteiger partial charge < -0.3 is 5.73 Å². The van der Waals surface area contributed by atoms with Gasteiger partial charge in [-0.15, -0.1) is 22.7 Å². The molecule has 0 aliphatic rings. The first-order chi connectivity index (χ1) is 8.24. The molecule has 6 heteroatoms. The first-order valence-electron chi connectivity index (χ1n) is 5.06. The van der Waals surface area contributed by atoms with Gasteiger partial charge in [0.1, 0.15) is 0 Å². The molecular weight excluding hydrogens is 252 g/mol. The molecule has 0 radical (unpaired) electrons. The van der Waals surface area contributed by atoms with Crippen LogP contribution in [-0.4, -0.2) is 15.2 Å². The van der Waals surface area contributed by atoms with Crippen LogP contribution in [0.5, 0.6) is 0 Å². The number of nitrogens with two attached hydrogens (primary N) is 1. The Kier molecular flexibility index (Phi) is 2.45. The predicted molar refractivity (Wildman–Crippen MR) is 72.2 cm³/mol. The Bertz CT molecular complexity index is 636. The molecule has 3 aromatic rings. The van der Waals surface area contributed by atoms with E-state index in [0.29, 0.717) is 0 Å². The Balaban J connectivity index is 2.03. The number of hydrogen-bond donors (Lipinski definition) is 2. The van der Waals surface area contributed by atoms with E-state index in [0.717, 1.165) is 32.0 Å². The Hall–Kier alpha value is -1.66. The van der Waals surface area contributed by atoms with E-state index in [-0.39, 0.29) is 0 Å². The number of anilines is 1. The lowest BCUT2D eigenvalue weighted by atomic mass is 10.3. The summed E-state index contributed by atoms with van der Waals surface area (Å²) in [5.74, 6) is 1.52. The zero-order valence-corrected chi connectivity index (χ0v) is 10.7. The second-order valence-electron chi connectivity index (χ2n) is 3.65. The van der Waals surface area contributed by atoms with Gasteiger partial charge in [-0.3, -0.25) is 5.10 Å². The van der Waals surface area contributed by atoms with E-state index in [9.17, 15) is 0 Å². The SMILES string of the molecule is Cc1cc(N)sc1-c1nc(-c2cccs2)n[nH]1. The number of thiophene rings is 2. The van der Waals surface area contributed by atoms with Gasteiger partial charge in [-0.2, -0.15) is 5.10 Å². The smallest absolute Gasteiger partial charge is 0.191 e. The second kappa shape index (κ2) is 3.97. The molecule has 0 atom stereocenters. The lowest BCUT2D eigenvalue weighted by molar-refractivity contribution is 1.10. The van der Waals surface area contributed by atoms with Crippen molar-refractivity contribution in [1.82, 2.24) is 15.2 Å². The van der Waals surface area contributed by atoms with Crippen molar-refractivity contribution in [1.29, 1.82) is 0 Å². The summed E-state index contributed by atoms with van der Waals surface area (Å²) in [6.07, 6.45) is 0. The van der Waals surface area contributed by atoms with Crippen molar-refractivity contribution >= 4 is 27.7 Å². The summed E-state index contributed by atoms with van der Waals surface area (Å²) in [4.78, 5) is 6.61. The summed E-state index contributed by atoms with van der Waals surface area (Å²) >= 11 is 3.15. The van der Waals surface area contributed by atoms with E-state index in [1.165, 1.54) is 11.3 Å². The number of aryl methyl sites for hydroxylation is 1. The highest BCUT2D eigenvalue weighted by atomic mass is 32.1. The third kappa shape index (κ3) is 1.85. The quantitative estimate of drug-likeness (QED) is 0.745. The molecular formula is C11H10N4S2. The number of nitrogens with zero attached hydrogens (tertiary/aromatic N) is 2. The monoisotopic (exact) mass is 262 g/mol.